The van der Waals surface area contributed by atoms with Gasteiger partial charge in [-0.05, 0) is 31.9 Å². The Morgan fingerprint density at radius 2 is 2.26 bits per heavy atom. The third-order valence-electron chi connectivity index (χ3n) is 3.14. The number of carbonyl (C=O) groups excluding carboxylic acids is 1. The molecule has 0 radical (unpaired) electrons. The molecule has 1 rings (SSSR count). The lowest BCUT2D eigenvalue weighted by Gasteiger charge is -2.22. The van der Waals surface area contributed by atoms with Crippen molar-refractivity contribution in [3.8, 4) is 11.8 Å². The van der Waals surface area contributed by atoms with Crippen molar-refractivity contribution in [1.82, 2.24) is 4.90 Å². The molecule has 19 heavy (non-hydrogen) atoms. The van der Waals surface area contributed by atoms with Crippen LogP contribution in [0.3, 0.4) is 0 Å². The minimum atomic E-state index is 0.0534. The van der Waals surface area contributed by atoms with Gasteiger partial charge in [0.15, 0.2) is 0 Å². The number of aryl methyl sites for hydroxylation is 1. The summed E-state index contributed by atoms with van der Waals surface area (Å²) in [4.78, 5) is 15.7. The molecule has 4 heteroatoms. The van der Waals surface area contributed by atoms with Crippen LogP contribution < -0.4 is 0 Å². The predicted molar refractivity (Wildman–Crippen MR) is 79.5 cm³/mol. The lowest BCUT2D eigenvalue weighted by molar-refractivity contribution is 0.0745. The van der Waals surface area contributed by atoms with Crippen LogP contribution in [0.5, 0.6) is 0 Å². The van der Waals surface area contributed by atoms with Crippen LogP contribution in [0.1, 0.15) is 46.8 Å². The first-order chi connectivity index (χ1) is 9.01. The highest BCUT2D eigenvalue weighted by molar-refractivity contribution is 7.14. The van der Waals surface area contributed by atoms with Crippen LogP contribution in [0.2, 0.25) is 0 Å². The number of carbonyl (C=O) groups is 1. The molecule has 0 aliphatic carbocycles. The van der Waals surface area contributed by atoms with Crippen LogP contribution in [0.15, 0.2) is 6.07 Å². The van der Waals surface area contributed by atoms with Crippen molar-refractivity contribution in [3.05, 3.63) is 21.4 Å². The molecule has 3 nitrogen and oxygen atoms in total. The fourth-order valence-corrected chi connectivity index (χ4v) is 2.59. The predicted octanol–water partition coefficient (Wildman–Crippen LogP) is 2.66. The number of rotatable bonds is 4. The fourth-order valence-electron chi connectivity index (χ4n) is 1.56. The van der Waals surface area contributed by atoms with Crippen LogP contribution in [0.25, 0.3) is 0 Å². The maximum Gasteiger partial charge on any atom is 0.263 e. The van der Waals surface area contributed by atoms with Crippen molar-refractivity contribution in [1.29, 1.82) is 0 Å². The summed E-state index contributed by atoms with van der Waals surface area (Å²) >= 11 is 1.43. The van der Waals surface area contributed by atoms with Crippen molar-refractivity contribution < 1.29 is 9.90 Å². The summed E-state index contributed by atoms with van der Waals surface area (Å²) < 4.78 is 0. The van der Waals surface area contributed by atoms with Gasteiger partial charge in [0.1, 0.15) is 0 Å². The summed E-state index contributed by atoms with van der Waals surface area (Å²) in [7, 11) is 1.84. The van der Waals surface area contributed by atoms with Gasteiger partial charge in [-0.15, -0.1) is 11.3 Å². The number of thiophene rings is 1. The summed E-state index contributed by atoms with van der Waals surface area (Å²) in [6.45, 7) is 6.14. The van der Waals surface area contributed by atoms with Crippen LogP contribution >= 0.6 is 11.3 Å². The topological polar surface area (TPSA) is 40.5 Å². The normalized spacial score (nSPS) is 11.6. The summed E-state index contributed by atoms with van der Waals surface area (Å²) in [5.41, 5.74) is 1.02. The molecule has 0 aromatic carbocycles. The Morgan fingerprint density at radius 1 is 1.58 bits per heavy atom. The zero-order valence-electron chi connectivity index (χ0n) is 12.0. The summed E-state index contributed by atoms with van der Waals surface area (Å²) in [6.07, 6.45) is 1.41. The average Bonchev–Trinajstić information content (AvgIpc) is 2.78. The Labute approximate surface area is 119 Å². The second-order valence-corrected chi connectivity index (χ2v) is 5.62. The van der Waals surface area contributed by atoms with Crippen LogP contribution in [-0.2, 0) is 0 Å². The number of hydrogen-bond acceptors (Lipinski definition) is 3. The zero-order chi connectivity index (χ0) is 14.4. The molecule has 1 heterocycles. The number of aliphatic hydroxyl groups is 1. The number of hydrogen-bond donors (Lipinski definition) is 1. The van der Waals surface area contributed by atoms with E-state index in [1.807, 2.05) is 27.0 Å². The molecule has 0 aliphatic heterocycles. The fraction of sp³-hybridized carbons (Fsp3) is 0.533. The zero-order valence-corrected chi connectivity index (χ0v) is 12.8. The molecule has 1 aromatic heterocycles. The molecule has 0 spiro atoms. The molecule has 0 saturated heterocycles. The molecular weight excluding hydrogens is 258 g/mol. The van der Waals surface area contributed by atoms with E-state index in [-0.39, 0.29) is 18.6 Å². The van der Waals surface area contributed by atoms with Gasteiger partial charge < -0.3 is 10.0 Å². The van der Waals surface area contributed by atoms with Crippen molar-refractivity contribution in [3.63, 3.8) is 0 Å². The van der Waals surface area contributed by atoms with E-state index in [9.17, 15) is 4.79 Å². The van der Waals surface area contributed by atoms with Crippen molar-refractivity contribution in [2.24, 2.45) is 0 Å². The van der Waals surface area contributed by atoms with E-state index in [1.165, 1.54) is 11.3 Å². The Morgan fingerprint density at radius 3 is 2.84 bits per heavy atom. The minimum absolute atomic E-state index is 0.0534. The lowest BCUT2D eigenvalue weighted by Crippen LogP contribution is -2.34. The van der Waals surface area contributed by atoms with Crippen LogP contribution in [0, 0.1) is 18.8 Å². The molecule has 104 valence electrons. The lowest BCUT2D eigenvalue weighted by atomic mass is 10.2. The third-order valence-corrected chi connectivity index (χ3v) is 4.28. The average molecular weight is 279 g/mol. The Bertz CT molecular complexity index is 496. The first-order valence-electron chi connectivity index (χ1n) is 6.48. The van der Waals surface area contributed by atoms with E-state index in [4.69, 9.17) is 5.11 Å². The van der Waals surface area contributed by atoms with Gasteiger partial charge in [0.2, 0.25) is 0 Å². The number of aliphatic hydroxyl groups excluding tert-OH is 1. The molecule has 0 saturated carbocycles. The largest absolute Gasteiger partial charge is 0.395 e. The second kappa shape index (κ2) is 7.32. The standard InChI is InChI=1S/C15H21NO2S/c1-5-12(3)16(4)15(18)14-10-11(2)13(19-14)8-6-7-9-17/h10,12,17H,5,7,9H2,1-4H3. The first kappa shape index (κ1) is 15.7. The van der Waals surface area contributed by atoms with E-state index in [1.54, 1.807) is 4.90 Å². The van der Waals surface area contributed by atoms with Gasteiger partial charge in [0, 0.05) is 19.5 Å². The molecule has 0 fully saturated rings. The van der Waals surface area contributed by atoms with E-state index >= 15 is 0 Å². The maximum atomic E-state index is 12.3. The van der Waals surface area contributed by atoms with Crippen molar-refractivity contribution in [2.45, 2.75) is 39.7 Å². The van der Waals surface area contributed by atoms with Gasteiger partial charge >= 0.3 is 0 Å². The molecule has 1 atom stereocenters. The second-order valence-electron chi connectivity index (χ2n) is 4.57. The summed E-state index contributed by atoms with van der Waals surface area (Å²) in [6, 6.07) is 2.13. The van der Waals surface area contributed by atoms with E-state index in [0.29, 0.717) is 6.42 Å². The molecule has 1 aromatic rings. The maximum absolute atomic E-state index is 12.3. The van der Waals surface area contributed by atoms with Gasteiger partial charge in [-0.25, -0.2) is 0 Å². The monoisotopic (exact) mass is 279 g/mol. The van der Waals surface area contributed by atoms with Gasteiger partial charge in [0.25, 0.3) is 5.91 Å². The number of amides is 1. The smallest absolute Gasteiger partial charge is 0.263 e. The molecule has 0 bridgehead atoms. The van der Waals surface area contributed by atoms with Crippen LogP contribution in [-0.4, -0.2) is 35.6 Å². The Balaban J connectivity index is 2.89. The van der Waals surface area contributed by atoms with E-state index in [0.717, 1.165) is 21.7 Å². The van der Waals surface area contributed by atoms with Gasteiger partial charge in [-0.2, -0.15) is 0 Å². The highest BCUT2D eigenvalue weighted by Crippen LogP contribution is 2.23. The van der Waals surface area contributed by atoms with Gasteiger partial charge in [-0.1, -0.05) is 18.8 Å². The van der Waals surface area contributed by atoms with E-state index < -0.39 is 0 Å². The van der Waals surface area contributed by atoms with E-state index in [2.05, 4.69) is 18.8 Å². The highest BCUT2D eigenvalue weighted by atomic mass is 32.1. The van der Waals surface area contributed by atoms with Crippen LogP contribution in [0.4, 0.5) is 0 Å². The Hall–Kier alpha value is -1.31. The molecule has 1 N–H and O–H groups in total. The van der Waals surface area contributed by atoms with Gasteiger partial charge in [-0.3, -0.25) is 4.79 Å². The first-order valence-corrected chi connectivity index (χ1v) is 7.30. The third kappa shape index (κ3) is 4.09. The minimum Gasteiger partial charge on any atom is -0.395 e. The molecule has 0 aliphatic rings. The molecule has 1 amide bonds. The summed E-state index contributed by atoms with van der Waals surface area (Å²) in [5, 5.41) is 8.71. The SMILES string of the molecule is CCC(C)N(C)C(=O)c1cc(C)c(C#CCCO)s1. The summed E-state index contributed by atoms with van der Waals surface area (Å²) in [5.74, 6) is 5.96. The van der Waals surface area contributed by atoms with Crippen molar-refractivity contribution >= 4 is 17.2 Å². The number of nitrogens with zero attached hydrogens (tertiary/aromatic N) is 1. The van der Waals surface area contributed by atoms with Gasteiger partial charge in [0.05, 0.1) is 16.4 Å². The van der Waals surface area contributed by atoms with Crippen molar-refractivity contribution in [2.75, 3.05) is 13.7 Å². The molecule has 1 unspecified atom stereocenters. The quantitative estimate of drug-likeness (QED) is 0.861. The highest BCUT2D eigenvalue weighted by Gasteiger charge is 2.18. The Kier molecular flexibility index (Phi) is 6.07. The molecular formula is C15H21NO2S.